The van der Waals surface area contributed by atoms with Gasteiger partial charge in [0.15, 0.2) is 0 Å². The molecule has 1 aromatic heterocycles. The number of urea groups is 1. The molecule has 0 unspecified atom stereocenters. The summed E-state index contributed by atoms with van der Waals surface area (Å²) in [5, 5.41) is 3.00. The Bertz CT molecular complexity index is 619. The molecule has 3 heterocycles. The zero-order valence-corrected chi connectivity index (χ0v) is 16.0. The van der Waals surface area contributed by atoms with Gasteiger partial charge in [-0.25, -0.2) is 4.79 Å². The van der Waals surface area contributed by atoms with E-state index >= 15 is 0 Å². The number of pyridine rings is 1. The fourth-order valence-electron chi connectivity index (χ4n) is 3.61. The zero-order chi connectivity index (χ0) is 19.1. The SMILES string of the molecule is COCCN1C[C@@H](CNC(=O)N2CCN(Cc3cccnc3)CC2)CC1=O. The quantitative estimate of drug-likeness (QED) is 0.747. The molecule has 0 aromatic carbocycles. The molecule has 1 aromatic rings. The summed E-state index contributed by atoms with van der Waals surface area (Å²) in [4.78, 5) is 34.5. The van der Waals surface area contributed by atoms with Gasteiger partial charge in [-0.15, -0.1) is 0 Å². The third kappa shape index (κ3) is 5.64. The standard InChI is InChI=1S/C19H29N5O3/c1-27-10-9-24-15-17(11-18(24)25)13-21-19(26)23-7-5-22(6-8-23)14-16-3-2-4-20-12-16/h2-4,12,17H,5-11,13-15H2,1H3,(H,21,26)/t17-/m1/s1. The van der Waals surface area contributed by atoms with Gasteiger partial charge in [0.05, 0.1) is 6.61 Å². The summed E-state index contributed by atoms with van der Waals surface area (Å²) in [7, 11) is 1.63. The molecule has 148 valence electrons. The van der Waals surface area contributed by atoms with E-state index in [0.717, 1.165) is 32.7 Å². The molecule has 0 bridgehead atoms. The lowest BCUT2D eigenvalue weighted by Crippen LogP contribution is -2.52. The lowest BCUT2D eigenvalue weighted by molar-refractivity contribution is -0.128. The molecule has 8 nitrogen and oxygen atoms in total. The van der Waals surface area contributed by atoms with Crippen LogP contribution in [0.4, 0.5) is 4.79 Å². The van der Waals surface area contributed by atoms with Crippen molar-refractivity contribution in [3.8, 4) is 0 Å². The van der Waals surface area contributed by atoms with Gasteiger partial charge in [0.25, 0.3) is 0 Å². The second-order valence-corrected chi connectivity index (χ2v) is 7.21. The van der Waals surface area contributed by atoms with E-state index in [-0.39, 0.29) is 17.9 Å². The van der Waals surface area contributed by atoms with Crippen molar-refractivity contribution >= 4 is 11.9 Å². The number of carbonyl (C=O) groups excluding carboxylic acids is 2. The number of methoxy groups -OCH3 is 1. The maximum atomic E-state index is 12.4. The van der Waals surface area contributed by atoms with Crippen LogP contribution in [0.2, 0.25) is 0 Å². The molecule has 1 N–H and O–H groups in total. The number of rotatable bonds is 7. The van der Waals surface area contributed by atoms with Crippen LogP contribution in [-0.2, 0) is 16.1 Å². The van der Waals surface area contributed by atoms with E-state index < -0.39 is 0 Å². The van der Waals surface area contributed by atoms with E-state index in [0.29, 0.717) is 32.7 Å². The highest BCUT2D eigenvalue weighted by Crippen LogP contribution is 2.17. The predicted octanol–water partition coefficient (Wildman–Crippen LogP) is 0.404. The van der Waals surface area contributed by atoms with Crippen molar-refractivity contribution in [1.82, 2.24) is 25.0 Å². The Balaban J connectivity index is 1.36. The molecule has 2 aliphatic heterocycles. The highest BCUT2D eigenvalue weighted by Gasteiger charge is 2.30. The fraction of sp³-hybridized carbons (Fsp3) is 0.632. The lowest BCUT2D eigenvalue weighted by atomic mass is 10.1. The summed E-state index contributed by atoms with van der Waals surface area (Å²) in [6.45, 7) is 6.43. The monoisotopic (exact) mass is 375 g/mol. The van der Waals surface area contributed by atoms with Crippen molar-refractivity contribution in [3.63, 3.8) is 0 Å². The smallest absolute Gasteiger partial charge is 0.317 e. The summed E-state index contributed by atoms with van der Waals surface area (Å²) in [5.41, 5.74) is 1.19. The summed E-state index contributed by atoms with van der Waals surface area (Å²) in [5.74, 6) is 0.334. The van der Waals surface area contributed by atoms with Gasteiger partial charge in [0.1, 0.15) is 0 Å². The van der Waals surface area contributed by atoms with Crippen molar-refractivity contribution in [2.75, 3.05) is 59.5 Å². The van der Waals surface area contributed by atoms with Crippen LogP contribution in [0.3, 0.4) is 0 Å². The van der Waals surface area contributed by atoms with Crippen LogP contribution in [0.25, 0.3) is 0 Å². The van der Waals surface area contributed by atoms with E-state index in [9.17, 15) is 9.59 Å². The Morgan fingerprint density at radius 3 is 2.85 bits per heavy atom. The molecule has 0 aliphatic carbocycles. The number of nitrogens with zero attached hydrogens (tertiary/aromatic N) is 4. The van der Waals surface area contributed by atoms with Crippen LogP contribution in [0.1, 0.15) is 12.0 Å². The van der Waals surface area contributed by atoms with Gasteiger partial charge >= 0.3 is 6.03 Å². The number of nitrogens with one attached hydrogen (secondary N) is 1. The van der Waals surface area contributed by atoms with Crippen LogP contribution in [0.15, 0.2) is 24.5 Å². The minimum absolute atomic E-state index is 0.0289. The Labute approximate surface area is 160 Å². The van der Waals surface area contributed by atoms with E-state index in [1.165, 1.54) is 5.56 Å². The molecule has 2 saturated heterocycles. The van der Waals surface area contributed by atoms with Crippen LogP contribution >= 0.6 is 0 Å². The average molecular weight is 375 g/mol. The Morgan fingerprint density at radius 1 is 1.33 bits per heavy atom. The molecule has 3 rings (SSSR count). The first-order valence-corrected chi connectivity index (χ1v) is 9.56. The molecule has 8 heteroatoms. The van der Waals surface area contributed by atoms with Crippen LogP contribution in [0.5, 0.6) is 0 Å². The van der Waals surface area contributed by atoms with Gasteiger partial charge < -0.3 is 19.9 Å². The molecule has 0 radical (unpaired) electrons. The van der Waals surface area contributed by atoms with Crippen LogP contribution < -0.4 is 5.32 Å². The molecule has 0 saturated carbocycles. The van der Waals surface area contributed by atoms with E-state index in [1.54, 1.807) is 13.3 Å². The summed E-state index contributed by atoms with van der Waals surface area (Å²) >= 11 is 0. The van der Waals surface area contributed by atoms with Crippen molar-refractivity contribution in [2.24, 2.45) is 5.92 Å². The number of carbonyl (C=O) groups is 2. The highest BCUT2D eigenvalue weighted by atomic mass is 16.5. The average Bonchev–Trinajstić information content (AvgIpc) is 3.05. The zero-order valence-electron chi connectivity index (χ0n) is 16.0. The second kappa shape index (κ2) is 9.66. The van der Waals surface area contributed by atoms with Gasteiger partial charge in [-0.2, -0.15) is 0 Å². The van der Waals surface area contributed by atoms with Gasteiger partial charge in [-0.3, -0.25) is 14.7 Å². The first-order chi connectivity index (χ1) is 13.2. The number of amides is 3. The third-order valence-electron chi connectivity index (χ3n) is 5.19. The van der Waals surface area contributed by atoms with Gasteiger partial charge in [0, 0.05) is 84.2 Å². The number of ether oxygens (including phenoxy) is 1. The fourth-order valence-corrected chi connectivity index (χ4v) is 3.61. The van der Waals surface area contributed by atoms with Gasteiger partial charge in [0.2, 0.25) is 5.91 Å². The summed E-state index contributed by atoms with van der Waals surface area (Å²) in [6.07, 6.45) is 4.17. The predicted molar refractivity (Wildman–Crippen MR) is 101 cm³/mol. The Kier molecular flexibility index (Phi) is 7.00. The number of piperazine rings is 1. The number of hydrogen-bond donors (Lipinski definition) is 1. The molecule has 0 spiro atoms. The van der Waals surface area contributed by atoms with Crippen molar-refractivity contribution in [3.05, 3.63) is 30.1 Å². The first kappa shape index (κ1) is 19.6. The number of aromatic nitrogens is 1. The van der Waals surface area contributed by atoms with Gasteiger partial charge in [-0.1, -0.05) is 6.07 Å². The maximum absolute atomic E-state index is 12.4. The highest BCUT2D eigenvalue weighted by molar-refractivity contribution is 5.79. The third-order valence-corrected chi connectivity index (χ3v) is 5.19. The minimum atomic E-state index is -0.0289. The van der Waals surface area contributed by atoms with Crippen molar-refractivity contribution in [2.45, 2.75) is 13.0 Å². The second-order valence-electron chi connectivity index (χ2n) is 7.21. The molecule has 1 atom stereocenters. The van der Waals surface area contributed by atoms with E-state index in [1.807, 2.05) is 22.1 Å². The molecular weight excluding hydrogens is 346 g/mol. The molecular formula is C19H29N5O3. The molecule has 27 heavy (non-hydrogen) atoms. The lowest BCUT2D eigenvalue weighted by Gasteiger charge is -2.34. The van der Waals surface area contributed by atoms with Crippen molar-refractivity contribution in [1.29, 1.82) is 0 Å². The molecule has 2 aliphatic rings. The largest absolute Gasteiger partial charge is 0.383 e. The van der Waals surface area contributed by atoms with Crippen molar-refractivity contribution < 1.29 is 14.3 Å². The topological polar surface area (TPSA) is 78.0 Å². The van der Waals surface area contributed by atoms with Crippen LogP contribution in [0, 0.1) is 5.92 Å². The van der Waals surface area contributed by atoms with Crippen LogP contribution in [-0.4, -0.2) is 91.2 Å². The van der Waals surface area contributed by atoms with E-state index in [2.05, 4.69) is 21.3 Å². The minimum Gasteiger partial charge on any atom is -0.383 e. The normalized spacial score (nSPS) is 20.9. The Hall–Kier alpha value is -2.19. The molecule has 3 amide bonds. The first-order valence-electron chi connectivity index (χ1n) is 9.56. The maximum Gasteiger partial charge on any atom is 0.317 e. The van der Waals surface area contributed by atoms with E-state index in [4.69, 9.17) is 4.74 Å². The summed E-state index contributed by atoms with van der Waals surface area (Å²) < 4.78 is 5.03. The number of hydrogen-bond acceptors (Lipinski definition) is 5. The van der Waals surface area contributed by atoms with Gasteiger partial charge in [-0.05, 0) is 11.6 Å². The Morgan fingerprint density at radius 2 is 2.15 bits per heavy atom. The number of likely N-dealkylation sites (tertiary alicyclic amines) is 1. The summed E-state index contributed by atoms with van der Waals surface area (Å²) in [6, 6.07) is 3.99. The molecule has 2 fully saturated rings.